The number of morpholine rings is 1. The molecule has 2 aromatic heterocycles. The number of amides is 1. The Kier molecular flexibility index (Phi) is 6.50. The second-order valence-electron chi connectivity index (χ2n) is 7.97. The lowest BCUT2D eigenvalue weighted by atomic mass is 10.1. The lowest BCUT2D eigenvalue weighted by Gasteiger charge is -2.30. The molecule has 1 aliphatic heterocycles. The summed E-state index contributed by atoms with van der Waals surface area (Å²) in [5.74, 6) is 0.0303. The summed E-state index contributed by atoms with van der Waals surface area (Å²) in [7, 11) is 0. The number of carbonyl (C=O) groups excluding carboxylic acids is 1. The first-order chi connectivity index (χ1) is 14.9. The Morgan fingerprint density at radius 2 is 1.84 bits per heavy atom. The van der Waals surface area contributed by atoms with Gasteiger partial charge in [0.25, 0.3) is 5.56 Å². The number of nitrogens with zero attached hydrogens (tertiary/aromatic N) is 3. The van der Waals surface area contributed by atoms with Gasteiger partial charge in [-0.1, -0.05) is 42.1 Å². The minimum absolute atomic E-state index is 0.0303. The molecule has 164 valence electrons. The van der Waals surface area contributed by atoms with Gasteiger partial charge >= 0.3 is 0 Å². The third kappa shape index (κ3) is 4.29. The van der Waals surface area contributed by atoms with Crippen molar-refractivity contribution < 1.29 is 9.53 Å². The van der Waals surface area contributed by atoms with Gasteiger partial charge in [0.05, 0.1) is 18.6 Å². The summed E-state index contributed by atoms with van der Waals surface area (Å²) in [6.45, 7) is 10.2. The van der Waals surface area contributed by atoms with Crippen LogP contribution in [0, 0.1) is 13.8 Å². The Hall–Kier alpha value is -2.16. The van der Waals surface area contributed by atoms with E-state index in [-0.39, 0.29) is 17.5 Å². The largest absolute Gasteiger partial charge is 0.378 e. The number of benzene rings is 1. The van der Waals surface area contributed by atoms with Crippen LogP contribution in [0.4, 0.5) is 0 Å². The summed E-state index contributed by atoms with van der Waals surface area (Å²) in [6.07, 6.45) is 0. The van der Waals surface area contributed by atoms with Crippen LogP contribution in [0.15, 0.2) is 40.3 Å². The second-order valence-corrected chi connectivity index (χ2v) is 10.2. The van der Waals surface area contributed by atoms with Crippen LogP contribution in [-0.4, -0.2) is 46.7 Å². The Bertz CT molecular complexity index is 1150. The molecule has 31 heavy (non-hydrogen) atoms. The van der Waals surface area contributed by atoms with E-state index in [2.05, 4.69) is 0 Å². The van der Waals surface area contributed by atoms with E-state index in [0.717, 1.165) is 20.8 Å². The molecule has 4 rings (SSSR count). The first-order valence-corrected chi connectivity index (χ1v) is 12.2. The SMILES string of the molecule is Cc1sc2nc(S[C@@H](C(=O)N3CCOCC3)c3ccccc3)n(C(C)C)c(=O)c2c1C. The summed E-state index contributed by atoms with van der Waals surface area (Å²) < 4.78 is 7.16. The number of carbonyl (C=O) groups is 1. The van der Waals surface area contributed by atoms with Gasteiger partial charge in [0.2, 0.25) is 5.91 Å². The molecule has 0 spiro atoms. The molecule has 0 bridgehead atoms. The summed E-state index contributed by atoms with van der Waals surface area (Å²) in [4.78, 5) is 35.5. The topological polar surface area (TPSA) is 64.4 Å². The molecule has 1 fully saturated rings. The van der Waals surface area contributed by atoms with Gasteiger partial charge in [0.1, 0.15) is 10.1 Å². The van der Waals surface area contributed by atoms with Gasteiger partial charge in [-0.05, 0) is 38.8 Å². The van der Waals surface area contributed by atoms with E-state index < -0.39 is 5.25 Å². The minimum Gasteiger partial charge on any atom is -0.378 e. The van der Waals surface area contributed by atoms with Crippen molar-refractivity contribution in [2.45, 2.75) is 44.1 Å². The zero-order chi connectivity index (χ0) is 22.1. The quantitative estimate of drug-likeness (QED) is 0.421. The molecule has 3 aromatic rings. The third-order valence-corrected chi connectivity index (χ3v) is 7.90. The molecule has 8 heteroatoms. The van der Waals surface area contributed by atoms with Gasteiger partial charge in [-0.15, -0.1) is 11.3 Å². The van der Waals surface area contributed by atoms with E-state index >= 15 is 0 Å². The highest BCUT2D eigenvalue weighted by atomic mass is 32.2. The maximum atomic E-state index is 13.5. The molecule has 3 heterocycles. The van der Waals surface area contributed by atoms with E-state index in [1.165, 1.54) is 23.1 Å². The number of hydrogen-bond donors (Lipinski definition) is 0. The van der Waals surface area contributed by atoms with Gasteiger partial charge in [0, 0.05) is 24.0 Å². The molecule has 1 aliphatic rings. The molecule has 1 atom stereocenters. The first-order valence-electron chi connectivity index (χ1n) is 10.5. The van der Waals surface area contributed by atoms with Crippen LogP contribution < -0.4 is 5.56 Å². The fraction of sp³-hybridized carbons (Fsp3) is 0.435. The van der Waals surface area contributed by atoms with Crippen molar-refractivity contribution in [1.29, 1.82) is 0 Å². The van der Waals surface area contributed by atoms with Gasteiger partial charge in [0.15, 0.2) is 5.16 Å². The van der Waals surface area contributed by atoms with Crippen molar-refractivity contribution in [1.82, 2.24) is 14.5 Å². The zero-order valence-corrected chi connectivity index (χ0v) is 19.9. The predicted octanol–water partition coefficient (Wildman–Crippen LogP) is 4.35. The van der Waals surface area contributed by atoms with E-state index in [1.54, 1.807) is 4.57 Å². The van der Waals surface area contributed by atoms with Gasteiger partial charge in [-0.2, -0.15) is 0 Å². The Morgan fingerprint density at radius 1 is 1.16 bits per heavy atom. The number of fused-ring (bicyclic) bond motifs is 1. The Labute approximate surface area is 190 Å². The fourth-order valence-electron chi connectivity index (χ4n) is 3.77. The number of aromatic nitrogens is 2. The molecule has 0 N–H and O–H groups in total. The number of ether oxygens (including phenoxy) is 1. The van der Waals surface area contributed by atoms with Crippen LogP contribution in [0.25, 0.3) is 10.2 Å². The molecule has 1 amide bonds. The standard InChI is InChI=1S/C23H27N3O3S2/c1-14(2)26-21(27)18-15(3)16(4)30-20(18)24-23(26)31-19(17-8-6-5-7-9-17)22(28)25-10-12-29-13-11-25/h5-9,14,19H,10-13H2,1-4H3/t19-/m1/s1. The van der Waals surface area contributed by atoms with Crippen molar-refractivity contribution in [3.63, 3.8) is 0 Å². The van der Waals surface area contributed by atoms with Gasteiger partial charge in [-0.3, -0.25) is 14.2 Å². The van der Waals surface area contributed by atoms with Crippen LogP contribution in [-0.2, 0) is 9.53 Å². The van der Waals surface area contributed by atoms with Gasteiger partial charge in [-0.25, -0.2) is 4.98 Å². The van der Waals surface area contributed by atoms with Crippen molar-refractivity contribution >= 4 is 39.2 Å². The predicted molar refractivity (Wildman–Crippen MR) is 126 cm³/mol. The van der Waals surface area contributed by atoms with Crippen molar-refractivity contribution in [2.75, 3.05) is 26.3 Å². The molecular weight excluding hydrogens is 430 g/mol. The number of rotatable bonds is 5. The fourth-order valence-corrected chi connectivity index (χ4v) is 6.15. The highest BCUT2D eigenvalue weighted by Crippen LogP contribution is 2.38. The molecule has 6 nitrogen and oxygen atoms in total. The van der Waals surface area contributed by atoms with Crippen LogP contribution in [0.2, 0.25) is 0 Å². The summed E-state index contributed by atoms with van der Waals surface area (Å²) in [5.41, 5.74) is 1.87. The minimum atomic E-state index is -0.476. The van der Waals surface area contributed by atoms with E-state index in [9.17, 15) is 9.59 Å². The summed E-state index contributed by atoms with van der Waals surface area (Å²) >= 11 is 2.91. The maximum absolute atomic E-state index is 13.5. The molecule has 1 saturated heterocycles. The second kappa shape index (κ2) is 9.14. The zero-order valence-electron chi connectivity index (χ0n) is 18.3. The number of thioether (sulfide) groups is 1. The smallest absolute Gasteiger partial charge is 0.263 e. The highest BCUT2D eigenvalue weighted by molar-refractivity contribution is 8.00. The average Bonchev–Trinajstić information content (AvgIpc) is 3.06. The molecule has 0 aliphatic carbocycles. The van der Waals surface area contributed by atoms with Gasteiger partial charge < -0.3 is 9.64 Å². The van der Waals surface area contributed by atoms with E-state index in [4.69, 9.17) is 9.72 Å². The number of aryl methyl sites for hydroxylation is 2. The van der Waals surface area contributed by atoms with Crippen molar-refractivity contribution in [2.24, 2.45) is 0 Å². The lowest BCUT2D eigenvalue weighted by Crippen LogP contribution is -2.42. The molecule has 0 unspecified atom stereocenters. The third-order valence-electron chi connectivity index (χ3n) is 5.59. The van der Waals surface area contributed by atoms with Crippen LogP contribution in [0.3, 0.4) is 0 Å². The Morgan fingerprint density at radius 3 is 2.48 bits per heavy atom. The molecule has 0 saturated carbocycles. The first kappa shape index (κ1) is 22.0. The highest BCUT2D eigenvalue weighted by Gasteiger charge is 2.30. The van der Waals surface area contributed by atoms with Crippen molar-refractivity contribution in [3.05, 3.63) is 56.7 Å². The molecule has 1 aromatic carbocycles. The monoisotopic (exact) mass is 457 g/mol. The number of thiophene rings is 1. The summed E-state index contributed by atoms with van der Waals surface area (Å²) in [6, 6.07) is 9.68. The maximum Gasteiger partial charge on any atom is 0.263 e. The van der Waals surface area contributed by atoms with Crippen LogP contribution in [0.5, 0.6) is 0 Å². The average molecular weight is 458 g/mol. The van der Waals surface area contributed by atoms with Crippen LogP contribution in [0.1, 0.15) is 41.1 Å². The molecular formula is C23H27N3O3S2. The van der Waals surface area contributed by atoms with Crippen molar-refractivity contribution in [3.8, 4) is 0 Å². The van der Waals surface area contributed by atoms with E-state index in [1.807, 2.05) is 62.9 Å². The lowest BCUT2D eigenvalue weighted by molar-refractivity contribution is -0.134. The van der Waals surface area contributed by atoms with Crippen LogP contribution >= 0.6 is 23.1 Å². The molecule has 0 radical (unpaired) electrons. The normalized spacial score (nSPS) is 15.6. The Balaban J connectivity index is 1.82. The van der Waals surface area contributed by atoms with E-state index in [0.29, 0.717) is 36.8 Å². The number of hydrogen-bond acceptors (Lipinski definition) is 6. The summed E-state index contributed by atoms with van der Waals surface area (Å²) in [5, 5.41) is 0.802.